The van der Waals surface area contributed by atoms with Gasteiger partial charge in [-0.2, -0.15) is 0 Å². The van der Waals surface area contributed by atoms with Gasteiger partial charge < -0.3 is 19.1 Å². The summed E-state index contributed by atoms with van der Waals surface area (Å²) in [5, 5.41) is 0.287. The summed E-state index contributed by atoms with van der Waals surface area (Å²) in [4.78, 5) is 26.4. The highest BCUT2D eigenvalue weighted by Gasteiger charge is 2.34. The van der Waals surface area contributed by atoms with Gasteiger partial charge >= 0.3 is 12.1 Å². The number of carbonyl (C=O) groups excluding carboxylic acids is 2. The second kappa shape index (κ2) is 10.5. The van der Waals surface area contributed by atoms with Crippen LogP contribution in [0.3, 0.4) is 0 Å². The minimum atomic E-state index is -0.499. The molecule has 0 radical (unpaired) electrons. The van der Waals surface area contributed by atoms with E-state index in [1.54, 1.807) is 23.1 Å². The molecule has 2 aromatic carbocycles. The van der Waals surface area contributed by atoms with Gasteiger partial charge in [0.15, 0.2) is 0 Å². The summed E-state index contributed by atoms with van der Waals surface area (Å²) in [6, 6.07) is 14.4. The lowest BCUT2D eigenvalue weighted by Gasteiger charge is -2.39. The van der Waals surface area contributed by atoms with Crippen LogP contribution < -0.4 is 0 Å². The Kier molecular flexibility index (Phi) is 7.71. The monoisotopic (exact) mass is 431 g/mol. The first kappa shape index (κ1) is 22.1. The maximum absolute atomic E-state index is 12.9. The SMILES string of the molecule is CCOC1CCN(C(=O)OCc2ccccc2)C(c2ccc(C(=O)OC)c(Cl)c2)C1. The number of hydrogen-bond acceptors (Lipinski definition) is 5. The highest BCUT2D eigenvalue weighted by Crippen LogP contribution is 2.35. The molecular formula is C23H26ClNO5. The van der Waals surface area contributed by atoms with Crippen LogP contribution in [0.1, 0.15) is 47.3 Å². The van der Waals surface area contributed by atoms with Crippen LogP contribution in [-0.2, 0) is 20.8 Å². The number of halogens is 1. The van der Waals surface area contributed by atoms with Crippen LogP contribution in [-0.4, -0.2) is 43.3 Å². The molecular weight excluding hydrogens is 406 g/mol. The minimum Gasteiger partial charge on any atom is -0.465 e. The highest BCUT2D eigenvalue weighted by molar-refractivity contribution is 6.33. The molecule has 1 heterocycles. The molecule has 6 nitrogen and oxygen atoms in total. The van der Waals surface area contributed by atoms with E-state index < -0.39 is 5.97 Å². The number of hydrogen-bond donors (Lipinski definition) is 0. The van der Waals surface area contributed by atoms with Crippen LogP contribution in [0.2, 0.25) is 5.02 Å². The van der Waals surface area contributed by atoms with E-state index in [0.29, 0.717) is 25.1 Å². The first-order valence-electron chi connectivity index (χ1n) is 10.00. The number of piperidine rings is 1. The summed E-state index contributed by atoms with van der Waals surface area (Å²) < 4.78 is 16.1. The van der Waals surface area contributed by atoms with Crippen LogP contribution in [0.15, 0.2) is 48.5 Å². The molecule has 0 aliphatic carbocycles. The Labute approximate surface area is 181 Å². The molecule has 0 saturated carbocycles. The molecule has 0 spiro atoms. The fourth-order valence-electron chi connectivity index (χ4n) is 3.67. The Morgan fingerprint density at radius 2 is 1.93 bits per heavy atom. The lowest BCUT2D eigenvalue weighted by Crippen LogP contribution is -2.43. The smallest absolute Gasteiger partial charge is 0.410 e. The number of ether oxygens (including phenoxy) is 3. The van der Waals surface area contributed by atoms with Crippen molar-refractivity contribution in [1.82, 2.24) is 4.90 Å². The molecule has 1 aliphatic heterocycles. The second-order valence-electron chi connectivity index (χ2n) is 7.08. The van der Waals surface area contributed by atoms with Crippen molar-refractivity contribution in [3.05, 3.63) is 70.2 Å². The molecule has 1 saturated heterocycles. The standard InChI is InChI=1S/C23H26ClNO5/c1-3-29-18-11-12-25(23(27)30-15-16-7-5-4-6-8-16)21(14-18)17-9-10-19(20(24)13-17)22(26)28-2/h4-10,13,18,21H,3,11-12,14-15H2,1-2H3. The van der Waals surface area contributed by atoms with E-state index in [4.69, 9.17) is 25.8 Å². The number of likely N-dealkylation sites (tertiary alicyclic amines) is 1. The topological polar surface area (TPSA) is 65.1 Å². The van der Waals surface area contributed by atoms with Crippen molar-refractivity contribution in [2.24, 2.45) is 0 Å². The molecule has 30 heavy (non-hydrogen) atoms. The summed E-state index contributed by atoms with van der Waals surface area (Å²) in [5.41, 5.74) is 2.05. The van der Waals surface area contributed by atoms with Crippen molar-refractivity contribution in [2.45, 2.75) is 38.5 Å². The van der Waals surface area contributed by atoms with E-state index in [1.165, 1.54) is 7.11 Å². The Morgan fingerprint density at radius 3 is 2.60 bits per heavy atom. The summed E-state index contributed by atoms with van der Waals surface area (Å²) in [7, 11) is 1.31. The third-order valence-corrected chi connectivity index (χ3v) is 5.49. The summed E-state index contributed by atoms with van der Waals surface area (Å²) in [6.45, 7) is 3.29. The zero-order valence-electron chi connectivity index (χ0n) is 17.2. The van der Waals surface area contributed by atoms with E-state index in [2.05, 4.69) is 0 Å². The molecule has 160 valence electrons. The van der Waals surface area contributed by atoms with Crippen LogP contribution in [0.25, 0.3) is 0 Å². The van der Waals surface area contributed by atoms with Crippen LogP contribution in [0.5, 0.6) is 0 Å². The van der Waals surface area contributed by atoms with Gasteiger partial charge in [-0.1, -0.05) is 48.0 Å². The molecule has 0 aromatic heterocycles. The summed E-state index contributed by atoms with van der Waals surface area (Å²) in [5.74, 6) is -0.499. The Bertz CT molecular complexity index is 873. The van der Waals surface area contributed by atoms with E-state index in [9.17, 15) is 9.59 Å². The van der Waals surface area contributed by atoms with Gasteiger partial charge in [0.05, 0.1) is 29.8 Å². The van der Waals surface area contributed by atoms with E-state index in [0.717, 1.165) is 17.5 Å². The summed E-state index contributed by atoms with van der Waals surface area (Å²) >= 11 is 6.32. The second-order valence-corrected chi connectivity index (χ2v) is 7.49. The van der Waals surface area contributed by atoms with Crippen molar-refractivity contribution in [3.63, 3.8) is 0 Å². The molecule has 1 amide bonds. The minimum absolute atomic E-state index is 0.0391. The van der Waals surface area contributed by atoms with Crippen LogP contribution in [0, 0.1) is 0 Å². The number of methoxy groups -OCH3 is 1. The van der Waals surface area contributed by atoms with Gasteiger partial charge in [-0.25, -0.2) is 9.59 Å². The fourth-order valence-corrected chi connectivity index (χ4v) is 3.94. The first-order chi connectivity index (χ1) is 14.5. The van der Waals surface area contributed by atoms with E-state index in [-0.39, 0.29) is 29.9 Å². The first-order valence-corrected chi connectivity index (χ1v) is 10.4. The fraction of sp³-hybridized carbons (Fsp3) is 0.391. The van der Waals surface area contributed by atoms with Gasteiger partial charge in [-0.15, -0.1) is 0 Å². The average molecular weight is 432 g/mol. The molecule has 1 fully saturated rings. The van der Waals surface area contributed by atoms with Gasteiger partial charge in [-0.3, -0.25) is 0 Å². The van der Waals surface area contributed by atoms with Crippen molar-refractivity contribution < 1.29 is 23.8 Å². The maximum Gasteiger partial charge on any atom is 0.410 e. The van der Waals surface area contributed by atoms with Gasteiger partial charge in [0.2, 0.25) is 0 Å². The van der Waals surface area contributed by atoms with Gasteiger partial charge in [0.25, 0.3) is 0 Å². The average Bonchev–Trinajstić information content (AvgIpc) is 2.77. The number of carbonyl (C=O) groups is 2. The quantitative estimate of drug-likeness (QED) is 0.602. The third kappa shape index (κ3) is 5.32. The molecule has 2 unspecified atom stereocenters. The van der Waals surface area contributed by atoms with Crippen molar-refractivity contribution in [3.8, 4) is 0 Å². The molecule has 7 heteroatoms. The van der Waals surface area contributed by atoms with Crippen LogP contribution in [0.4, 0.5) is 4.79 Å². The number of benzene rings is 2. The number of rotatable bonds is 6. The van der Waals surface area contributed by atoms with Crippen LogP contribution >= 0.6 is 11.6 Å². The zero-order chi connectivity index (χ0) is 21.5. The largest absolute Gasteiger partial charge is 0.465 e. The van der Waals surface area contributed by atoms with Crippen molar-refractivity contribution in [2.75, 3.05) is 20.3 Å². The number of amides is 1. The van der Waals surface area contributed by atoms with E-state index >= 15 is 0 Å². The lowest BCUT2D eigenvalue weighted by molar-refractivity contribution is -0.0125. The van der Waals surface area contributed by atoms with Gasteiger partial charge in [-0.05, 0) is 43.0 Å². The molecule has 1 aliphatic rings. The summed E-state index contributed by atoms with van der Waals surface area (Å²) in [6.07, 6.45) is 1.02. The van der Waals surface area contributed by atoms with Gasteiger partial charge in [0, 0.05) is 13.2 Å². The molecule has 2 aromatic rings. The Morgan fingerprint density at radius 1 is 1.17 bits per heavy atom. The Hall–Kier alpha value is -2.57. The molecule has 0 N–H and O–H groups in total. The molecule has 2 atom stereocenters. The Balaban J connectivity index is 1.79. The van der Waals surface area contributed by atoms with Crippen molar-refractivity contribution >= 4 is 23.7 Å². The maximum atomic E-state index is 12.9. The van der Waals surface area contributed by atoms with Gasteiger partial charge in [0.1, 0.15) is 6.61 Å². The predicted molar refractivity (Wildman–Crippen MR) is 114 cm³/mol. The predicted octanol–water partition coefficient (Wildman–Crippen LogP) is 5.01. The number of esters is 1. The number of nitrogens with zero attached hydrogens (tertiary/aromatic N) is 1. The van der Waals surface area contributed by atoms with Crippen molar-refractivity contribution in [1.29, 1.82) is 0 Å². The van der Waals surface area contributed by atoms with E-state index in [1.807, 2.05) is 37.3 Å². The lowest BCUT2D eigenvalue weighted by atomic mass is 9.93. The highest BCUT2D eigenvalue weighted by atomic mass is 35.5. The zero-order valence-corrected chi connectivity index (χ0v) is 17.9. The third-order valence-electron chi connectivity index (χ3n) is 5.18. The normalized spacial score (nSPS) is 18.7. The molecule has 0 bridgehead atoms. The molecule has 3 rings (SSSR count).